The van der Waals surface area contributed by atoms with Crippen molar-refractivity contribution in [2.24, 2.45) is 0 Å². The summed E-state index contributed by atoms with van der Waals surface area (Å²) in [7, 11) is 0. The third kappa shape index (κ3) is 1.27. The molecule has 0 radical (unpaired) electrons. The second-order valence-electron chi connectivity index (χ2n) is 3.26. The predicted molar refractivity (Wildman–Crippen MR) is 50.3 cm³/mol. The van der Waals surface area contributed by atoms with Crippen LogP contribution in [0, 0.1) is 0 Å². The number of nitrogens with two attached hydrogens (primary N) is 1. The SMILES string of the molecule is Nc1cc(Cl)ncc1C1CCC1. The molecule has 0 amide bonds. The number of aromatic nitrogens is 1. The minimum atomic E-state index is 0.482. The lowest BCUT2D eigenvalue weighted by molar-refractivity contribution is 0.420. The fourth-order valence-electron chi connectivity index (χ4n) is 1.52. The minimum absolute atomic E-state index is 0.482. The first-order valence-corrected chi connectivity index (χ1v) is 4.56. The van der Waals surface area contributed by atoms with Gasteiger partial charge in [0.2, 0.25) is 0 Å². The first kappa shape index (κ1) is 7.87. The summed E-state index contributed by atoms with van der Waals surface area (Å²) in [5.74, 6) is 0.634. The Hall–Kier alpha value is -0.760. The van der Waals surface area contributed by atoms with Gasteiger partial charge in [-0.1, -0.05) is 18.0 Å². The average molecular weight is 183 g/mol. The van der Waals surface area contributed by atoms with Crippen molar-refractivity contribution in [3.63, 3.8) is 0 Å². The molecule has 0 atom stereocenters. The van der Waals surface area contributed by atoms with Crippen LogP contribution in [0.25, 0.3) is 0 Å². The summed E-state index contributed by atoms with van der Waals surface area (Å²) in [5, 5.41) is 0.482. The zero-order chi connectivity index (χ0) is 8.55. The van der Waals surface area contributed by atoms with Gasteiger partial charge in [-0.3, -0.25) is 0 Å². The second-order valence-corrected chi connectivity index (χ2v) is 3.65. The molecule has 2 nitrogen and oxygen atoms in total. The first-order chi connectivity index (χ1) is 5.77. The highest BCUT2D eigenvalue weighted by molar-refractivity contribution is 6.29. The van der Waals surface area contributed by atoms with Gasteiger partial charge in [0.1, 0.15) is 5.15 Å². The van der Waals surface area contributed by atoms with Crippen LogP contribution in [0.4, 0.5) is 5.69 Å². The van der Waals surface area contributed by atoms with E-state index >= 15 is 0 Å². The number of rotatable bonds is 1. The lowest BCUT2D eigenvalue weighted by Gasteiger charge is -2.26. The second kappa shape index (κ2) is 2.94. The van der Waals surface area contributed by atoms with E-state index in [1.54, 1.807) is 6.07 Å². The zero-order valence-corrected chi connectivity index (χ0v) is 7.51. The Labute approximate surface area is 76.7 Å². The van der Waals surface area contributed by atoms with Crippen LogP contribution in [-0.2, 0) is 0 Å². The van der Waals surface area contributed by atoms with E-state index in [0.29, 0.717) is 11.1 Å². The molecule has 12 heavy (non-hydrogen) atoms. The van der Waals surface area contributed by atoms with Crippen molar-refractivity contribution in [2.45, 2.75) is 25.2 Å². The van der Waals surface area contributed by atoms with Gasteiger partial charge in [-0.05, 0) is 30.4 Å². The summed E-state index contributed by atoms with van der Waals surface area (Å²) in [6, 6.07) is 1.73. The van der Waals surface area contributed by atoms with Crippen LogP contribution in [0.3, 0.4) is 0 Å². The van der Waals surface area contributed by atoms with Crippen LogP contribution in [0.2, 0.25) is 5.15 Å². The van der Waals surface area contributed by atoms with Crippen molar-refractivity contribution in [3.05, 3.63) is 23.0 Å². The van der Waals surface area contributed by atoms with Gasteiger partial charge in [-0.25, -0.2) is 4.98 Å². The predicted octanol–water partition coefficient (Wildman–Crippen LogP) is 2.58. The molecule has 0 saturated heterocycles. The Kier molecular flexibility index (Phi) is 1.93. The summed E-state index contributed by atoms with van der Waals surface area (Å²) >= 11 is 5.69. The van der Waals surface area contributed by atoms with Crippen molar-refractivity contribution in [3.8, 4) is 0 Å². The maximum absolute atomic E-state index is 5.81. The van der Waals surface area contributed by atoms with E-state index in [1.165, 1.54) is 24.8 Å². The van der Waals surface area contributed by atoms with E-state index in [2.05, 4.69) is 4.98 Å². The minimum Gasteiger partial charge on any atom is -0.398 e. The van der Waals surface area contributed by atoms with Crippen LogP contribution >= 0.6 is 11.6 Å². The highest BCUT2D eigenvalue weighted by Gasteiger charge is 2.21. The highest BCUT2D eigenvalue weighted by Crippen LogP contribution is 2.38. The first-order valence-electron chi connectivity index (χ1n) is 4.18. The molecule has 1 saturated carbocycles. The molecule has 1 aliphatic rings. The van der Waals surface area contributed by atoms with Gasteiger partial charge in [0, 0.05) is 11.9 Å². The average Bonchev–Trinajstić information content (AvgIpc) is 1.91. The number of hydrogen-bond donors (Lipinski definition) is 1. The Balaban J connectivity index is 2.31. The maximum atomic E-state index is 5.81. The molecule has 1 fully saturated rings. The number of hydrogen-bond acceptors (Lipinski definition) is 2. The lowest BCUT2D eigenvalue weighted by atomic mass is 9.80. The smallest absolute Gasteiger partial charge is 0.131 e. The van der Waals surface area contributed by atoms with Crippen molar-refractivity contribution >= 4 is 17.3 Å². The van der Waals surface area contributed by atoms with Gasteiger partial charge in [0.05, 0.1) is 0 Å². The van der Waals surface area contributed by atoms with Crippen LogP contribution in [0.1, 0.15) is 30.7 Å². The normalized spacial score (nSPS) is 17.4. The molecule has 2 rings (SSSR count). The fraction of sp³-hybridized carbons (Fsp3) is 0.444. The maximum Gasteiger partial charge on any atom is 0.131 e. The van der Waals surface area contributed by atoms with Gasteiger partial charge < -0.3 is 5.73 Å². The Morgan fingerprint density at radius 1 is 1.50 bits per heavy atom. The zero-order valence-electron chi connectivity index (χ0n) is 6.76. The summed E-state index contributed by atoms with van der Waals surface area (Å²) in [5.41, 5.74) is 7.77. The summed E-state index contributed by atoms with van der Waals surface area (Å²) in [6.45, 7) is 0. The third-order valence-electron chi connectivity index (χ3n) is 2.48. The van der Waals surface area contributed by atoms with E-state index in [1.807, 2.05) is 6.20 Å². The van der Waals surface area contributed by atoms with Gasteiger partial charge >= 0.3 is 0 Å². The molecular weight excluding hydrogens is 172 g/mol. The van der Waals surface area contributed by atoms with E-state index in [0.717, 1.165) is 5.69 Å². The van der Waals surface area contributed by atoms with E-state index in [4.69, 9.17) is 17.3 Å². The van der Waals surface area contributed by atoms with Crippen molar-refractivity contribution in [1.82, 2.24) is 4.98 Å². The van der Waals surface area contributed by atoms with Gasteiger partial charge in [-0.2, -0.15) is 0 Å². The standard InChI is InChI=1S/C9H11ClN2/c10-9-4-8(11)7(5-12-9)6-2-1-3-6/h4-6H,1-3H2,(H2,11,12). The van der Waals surface area contributed by atoms with E-state index in [-0.39, 0.29) is 0 Å². The van der Waals surface area contributed by atoms with Crippen molar-refractivity contribution in [1.29, 1.82) is 0 Å². The molecular formula is C9H11ClN2. The van der Waals surface area contributed by atoms with Crippen LogP contribution < -0.4 is 5.73 Å². The fourth-order valence-corrected chi connectivity index (χ4v) is 1.68. The van der Waals surface area contributed by atoms with Gasteiger partial charge in [0.15, 0.2) is 0 Å². The molecule has 0 aromatic carbocycles. The van der Waals surface area contributed by atoms with Crippen molar-refractivity contribution in [2.75, 3.05) is 5.73 Å². The van der Waals surface area contributed by atoms with Crippen LogP contribution in [0.15, 0.2) is 12.3 Å². The molecule has 1 aromatic rings. The molecule has 64 valence electrons. The largest absolute Gasteiger partial charge is 0.398 e. The molecule has 2 N–H and O–H groups in total. The molecule has 1 aromatic heterocycles. The third-order valence-corrected chi connectivity index (χ3v) is 2.69. The van der Waals surface area contributed by atoms with Crippen LogP contribution in [-0.4, -0.2) is 4.98 Å². The Bertz CT molecular complexity index is 295. The number of halogens is 1. The monoisotopic (exact) mass is 182 g/mol. The molecule has 1 aliphatic carbocycles. The van der Waals surface area contributed by atoms with Gasteiger partial charge in [0.25, 0.3) is 0 Å². The van der Waals surface area contributed by atoms with E-state index < -0.39 is 0 Å². The number of nitrogens with zero attached hydrogens (tertiary/aromatic N) is 1. The summed E-state index contributed by atoms with van der Waals surface area (Å²) < 4.78 is 0. The number of pyridine rings is 1. The highest BCUT2D eigenvalue weighted by atomic mass is 35.5. The molecule has 0 aliphatic heterocycles. The summed E-state index contributed by atoms with van der Waals surface area (Å²) in [4.78, 5) is 4.03. The molecule has 0 unspecified atom stereocenters. The number of anilines is 1. The number of nitrogen functional groups attached to an aromatic ring is 1. The molecule has 0 spiro atoms. The molecule has 1 heterocycles. The Morgan fingerprint density at radius 2 is 2.25 bits per heavy atom. The van der Waals surface area contributed by atoms with Crippen molar-refractivity contribution < 1.29 is 0 Å². The van der Waals surface area contributed by atoms with Crippen LogP contribution in [0.5, 0.6) is 0 Å². The quantitative estimate of drug-likeness (QED) is 0.679. The molecule has 3 heteroatoms. The lowest BCUT2D eigenvalue weighted by Crippen LogP contribution is -2.11. The van der Waals surface area contributed by atoms with Gasteiger partial charge in [-0.15, -0.1) is 0 Å². The summed E-state index contributed by atoms with van der Waals surface area (Å²) in [6.07, 6.45) is 5.61. The Morgan fingerprint density at radius 3 is 2.75 bits per heavy atom. The molecule has 0 bridgehead atoms. The topological polar surface area (TPSA) is 38.9 Å². The van der Waals surface area contributed by atoms with E-state index in [9.17, 15) is 0 Å².